The van der Waals surface area contributed by atoms with Crippen LogP contribution in [-0.4, -0.2) is 30.2 Å². The van der Waals surface area contributed by atoms with Gasteiger partial charge >= 0.3 is 0 Å². The molecule has 0 bridgehead atoms. The minimum atomic E-state index is 0.624. The molecule has 0 saturated heterocycles. The zero-order valence-electron chi connectivity index (χ0n) is 20.6. The van der Waals surface area contributed by atoms with Crippen molar-refractivity contribution in [3.63, 3.8) is 0 Å². The molecular weight excluding hydrogens is 444 g/mol. The molecule has 3 aromatic carbocycles. The van der Waals surface area contributed by atoms with Crippen molar-refractivity contribution >= 4 is 11.0 Å². The van der Waals surface area contributed by atoms with E-state index in [1.165, 1.54) is 60.7 Å². The van der Waals surface area contributed by atoms with E-state index in [0.717, 1.165) is 42.2 Å². The molecule has 182 valence electrons. The summed E-state index contributed by atoms with van der Waals surface area (Å²) in [6, 6.07) is 25.8. The van der Waals surface area contributed by atoms with Gasteiger partial charge in [0.25, 0.3) is 0 Å². The van der Waals surface area contributed by atoms with E-state index in [2.05, 4.69) is 98.0 Å². The summed E-state index contributed by atoms with van der Waals surface area (Å²) in [5, 5.41) is 14.3. The van der Waals surface area contributed by atoms with Crippen LogP contribution in [0.15, 0.2) is 72.8 Å². The number of H-pyrrole nitrogens is 1. The number of nitrogens with zero attached hydrogens (tertiary/aromatic N) is 5. The molecule has 0 aliphatic heterocycles. The van der Waals surface area contributed by atoms with Crippen LogP contribution in [0.5, 0.6) is 0 Å². The van der Waals surface area contributed by atoms with Gasteiger partial charge in [0.15, 0.2) is 0 Å². The van der Waals surface area contributed by atoms with Crippen LogP contribution in [0.1, 0.15) is 49.7 Å². The zero-order chi connectivity index (χ0) is 24.2. The van der Waals surface area contributed by atoms with E-state index in [-0.39, 0.29) is 0 Å². The molecule has 0 unspecified atom stereocenters. The maximum Gasteiger partial charge on any atom is 0.204 e. The third-order valence-corrected chi connectivity index (χ3v) is 7.64. The van der Waals surface area contributed by atoms with Crippen molar-refractivity contribution in [2.45, 2.75) is 57.9 Å². The Kier molecular flexibility index (Phi) is 6.57. The van der Waals surface area contributed by atoms with E-state index in [1.807, 2.05) is 0 Å². The molecular formula is C30H32N6. The zero-order valence-corrected chi connectivity index (χ0v) is 20.6. The molecule has 1 N–H and O–H groups in total. The third kappa shape index (κ3) is 4.81. The summed E-state index contributed by atoms with van der Waals surface area (Å²) < 4.78 is 2.47. The summed E-state index contributed by atoms with van der Waals surface area (Å²) in [6.45, 7) is 1.03. The molecule has 6 nitrogen and oxygen atoms in total. The van der Waals surface area contributed by atoms with Crippen molar-refractivity contribution in [1.29, 1.82) is 0 Å². The molecule has 1 aliphatic rings. The van der Waals surface area contributed by atoms with Crippen molar-refractivity contribution in [2.24, 2.45) is 5.92 Å². The minimum Gasteiger partial charge on any atom is -0.324 e. The standard InChI is InChI=1S/C30H32N6/c1-2-8-22(9-3-1)20-21-36-28-13-7-6-12-27(28)31-30(36)26-11-5-4-10-24(26)17-14-23-15-18-25(19-16-23)29-32-34-35-33-29/h4-7,10-13,15-16,18-19,22H,1-3,8-9,14,17,20-21H2,(H,32,33,34,35). The van der Waals surface area contributed by atoms with Gasteiger partial charge in [-0.15, -0.1) is 10.2 Å². The number of aromatic amines is 1. The molecule has 1 aliphatic carbocycles. The van der Waals surface area contributed by atoms with Gasteiger partial charge in [0.1, 0.15) is 5.82 Å². The smallest absolute Gasteiger partial charge is 0.204 e. The molecule has 1 fully saturated rings. The largest absolute Gasteiger partial charge is 0.324 e. The number of hydrogen-bond donors (Lipinski definition) is 1. The predicted octanol–water partition coefficient (Wildman–Crippen LogP) is 6.64. The summed E-state index contributed by atoms with van der Waals surface area (Å²) in [5.74, 6) is 2.58. The fourth-order valence-electron chi connectivity index (χ4n) is 5.63. The van der Waals surface area contributed by atoms with Gasteiger partial charge in [0.2, 0.25) is 5.82 Å². The van der Waals surface area contributed by atoms with Crippen LogP contribution in [0.25, 0.3) is 33.8 Å². The second-order valence-electron chi connectivity index (χ2n) is 9.96. The van der Waals surface area contributed by atoms with Gasteiger partial charge in [-0.25, -0.2) is 4.98 Å². The molecule has 5 aromatic rings. The van der Waals surface area contributed by atoms with Crippen LogP contribution in [-0.2, 0) is 19.4 Å². The fourth-order valence-corrected chi connectivity index (χ4v) is 5.63. The van der Waals surface area contributed by atoms with E-state index in [1.54, 1.807) is 0 Å². The molecule has 2 heterocycles. The summed E-state index contributed by atoms with van der Waals surface area (Å²) in [4.78, 5) is 5.14. The first-order chi connectivity index (χ1) is 17.8. The monoisotopic (exact) mass is 476 g/mol. The Morgan fingerprint density at radius 2 is 1.64 bits per heavy atom. The van der Waals surface area contributed by atoms with E-state index >= 15 is 0 Å². The predicted molar refractivity (Wildman–Crippen MR) is 143 cm³/mol. The highest BCUT2D eigenvalue weighted by Gasteiger charge is 2.18. The topological polar surface area (TPSA) is 72.3 Å². The fraction of sp³-hybridized carbons (Fsp3) is 0.333. The van der Waals surface area contributed by atoms with Gasteiger partial charge in [0.05, 0.1) is 11.0 Å². The van der Waals surface area contributed by atoms with Gasteiger partial charge in [0, 0.05) is 17.7 Å². The van der Waals surface area contributed by atoms with Gasteiger partial charge in [-0.05, 0) is 53.7 Å². The number of fused-ring (bicyclic) bond motifs is 1. The molecule has 0 radical (unpaired) electrons. The maximum absolute atomic E-state index is 5.14. The van der Waals surface area contributed by atoms with Crippen LogP contribution in [0.4, 0.5) is 0 Å². The van der Waals surface area contributed by atoms with Crippen LogP contribution in [0, 0.1) is 5.92 Å². The lowest BCUT2D eigenvalue weighted by atomic mass is 9.87. The highest BCUT2D eigenvalue weighted by atomic mass is 15.5. The maximum atomic E-state index is 5.14. The number of aryl methyl sites for hydroxylation is 3. The number of benzene rings is 3. The summed E-state index contributed by atoms with van der Waals surface area (Å²) >= 11 is 0. The number of tetrazole rings is 1. The average molecular weight is 477 g/mol. The number of nitrogens with one attached hydrogen (secondary N) is 1. The second kappa shape index (κ2) is 10.4. The Morgan fingerprint density at radius 1 is 0.833 bits per heavy atom. The normalized spacial score (nSPS) is 14.4. The number of para-hydroxylation sites is 2. The molecule has 36 heavy (non-hydrogen) atoms. The first kappa shape index (κ1) is 22.7. The Hall–Kier alpha value is -3.80. The number of aromatic nitrogens is 6. The van der Waals surface area contributed by atoms with Crippen molar-refractivity contribution in [3.05, 3.63) is 83.9 Å². The lowest BCUT2D eigenvalue weighted by Gasteiger charge is -2.22. The highest BCUT2D eigenvalue weighted by molar-refractivity contribution is 5.81. The molecule has 0 spiro atoms. The summed E-state index contributed by atoms with van der Waals surface area (Å²) in [5.41, 5.74) is 7.19. The van der Waals surface area contributed by atoms with E-state index < -0.39 is 0 Å². The quantitative estimate of drug-likeness (QED) is 0.272. The van der Waals surface area contributed by atoms with Crippen molar-refractivity contribution < 1.29 is 0 Å². The first-order valence-corrected chi connectivity index (χ1v) is 13.2. The minimum absolute atomic E-state index is 0.624. The van der Waals surface area contributed by atoms with Gasteiger partial charge in [-0.1, -0.05) is 92.8 Å². The van der Waals surface area contributed by atoms with Crippen molar-refractivity contribution in [1.82, 2.24) is 30.2 Å². The summed E-state index contributed by atoms with van der Waals surface area (Å²) in [7, 11) is 0. The molecule has 6 rings (SSSR count). The number of rotatable bonds is 8. The Morgan fingerprint density at radius 3 is 2.47 bits per heavy atom. The van der Waals surface area contributed by atoms with Crippen LogP contribution >= 0.6 is 0 Å². The van der Waals surface area contributed by atoms with E-state index in [0.29, 0.717) is 5.82 Å². The highest BCUT2D eigenvalue weighted by Crippen LogP contribution is 2.31. The summed E-state index contributed by atoms with van der Waals surface area (Å²) in [6.07, 6.45) is 10.1. The van der Waals surface area contributed by atoms with Crippen LogP contribution in [0.3, 0.4) is 0 Å². The van der Waals surface area contributed by atoms with Crippen molar-refractivity contribution in [2.75, 3.05) is 0 Å². The lowest BCUT2D eigenvalue weighted by Crippen LogP contribution is -2.11. The molecule has 0 amide bonds. The third-order valence-electron chi connectivity index (χ3n) is 7.64. The molecule has 1 saturated carbocycles. The Balaban J connectivity index is 1.25. The van der Waals surface area contributed by atoms with E-state index in [4.69, 9.17) is 4.98 Å². The SMILES string of the molecule is c1ccc(-c2nc3ccccc3n2CCC2CCCCC2)c(CCc2ccc(-c3nn[nH]n3)cc2)c1. The molecule has 6 heteroatoms. The number of hydrogen-bond acceptors (Lipinski definition) is 4. The van der Waals surface area contributed by atoms with E-state index in [9.17, 15) is 0 Å². The van der Waals surface area contributed by atoms with Crippen molar-refractivity contribution in [3.8, 4) is 22.8 Å². The van der Waals surface area contributed by atoms with Gasteiger partial charge in [-0.2, -0.15) is 5.21 Å². The van der Waals surface area contributed by atoms with Crippen LogP contribution < -0.4 is 0 Å². The Labute approximate surface area is 211 Å². The van der Waals surface area contributed by atoms with Gasteiger partial charge in [-0.3, -0.25) is 0 Å². The number of imidazole rings is 1. The second-order valence-corrected chi connectivity index (χ2v) is 9.96. The van der Waals surface area contributed by atoms with Crippen LogP contribution in [0.2, 0.25) is 0 Å². The molecule has 0 atom stereocenters. The lowest BCUT2D eigenvalue weighted by molar-refractivity contribution is 0.326. The Bertz CT molecular complexity index is 1410. The first-order valence-electron chi connectivity index (χ1n) is 13.2. The molecule has 2 aromatic heterocycles. The van der Waals surface area contributed by atoms with Gasteiger partial charge < -0.3 is 4.57 Å². The average Bonchev–Trinajstić information content (AvgIpc) is 3.60.